The summed E-state index contributed by atoms with van der Waals surface area (Å²) in [6, 6.07) is 11.0. The van der Waals surface area contributed by atoms with Crippen LogP contribution in [0.1, 0.15) is 47.2 Å². The molecular formula is C27H30Cl2N4O4. The fraction of sp³-hybridized carbons (Fsp3) is 0.407. The van der Waals surface area contributed by atoms with E-state index in [4.69, 9.17) is 23.2 Å². The molecule has 0 unspecified atom stereocenters. The second kappa shape index (κ2) is 12.4. The van der Waals surface area contributed by atoms with Gasteiger partial charge in [0.05, 0.1) is 22.2 Å². The maximum absolute atomic E-state index is 13.0. The van der Waals surface area contributed by atoms with Crippen molar-refractivity contribution >= 4 is 46.8 Å². The molecule has 0 radical (unpaired) electrons. The van der Waals surface area contributed by atoms with Crippen molar-refractivity contribution in [2.45, 2.75) is 50.6 Å². The number of aliphatic imine (C=N–C) groups is 1. The highest BCUT2D eigenvalue weighted by molar-refractivity contribution is 6.39. The van der Waals surface area contributed by atoms with E-state index in [1.807, 2.05) is 12.1 Å². The Bertz CT molecular complexity index is 1170. The van der Waals surface area contributed by atoms with E-state index in [1.54, 1.807) is 18.2 Å². The number of hydrogen-bond donors (Lipinski definition) is 4. The summed E-state index contributed by atoms with van der Waals surface area (Å²) in [6.45, 7) is 1.63. The number of ketones is 1. The maximum Gasteiger partial charge on any atom is 0.326 e. The molecule has 0 saturated heterocycles. The number of Topliss-reactive ketones (excluding diaryl/α,β-unsaturated/α-hetero) is 1. The average molecular weight is 545 g/mol. The van der Waals surface area contributed by atoms with Gasteiger partial charge in [0.1, 0.15) is 11.8 Å². The Balaban J connectivity index is 1.32. The molecule has 1 heterocycles. The summed E-state index contributed by atoms with van der Waals surface area (Å²) in [7, 11) is 0. The summed E-state index contributed by atoms with van der Waals surface area (Å²) in [4.78, 5) is 41.8. The number of rotatable bonds is 9. The zero-order valence-corrected chi connectivity index (χ0v) is 21.8. The Morgan fingerprint density at radius 2 is 1.76 bits per heavy atom. The third-order valence-corrected chi connectivity index (χ3v) is 7.41. The Hall–Kier alpha value is -3.10. The van der Waals surface area contributed by atoms with E-state index in [1.165, 1.54) is 12.1 Å². The highest BCUT2D eigenvalue weighted by Crippen LogP contribution is 2.27. The van der Waals surface area contributed by atoms with Gasteiger partial charge in [0.15, 0.2) is 5.96 Å². The highest BCUT2D eigenvalue weighted by Gasteiger charge is 2.28. The monoisotopic (exact) mass is 544 g/mol. The summed E-state index contributed by atoms with van der Waals surface area (Å²) in [5.41, 5.74) is 1.64. The molecule has 4 N–H and O–H groups in total. The Kier molecular flexibility index (Phi) is 9.05. The van der Waals surface area contributed by atoms with Crippen LogP contribution < -0.4 is 16.0 Å². The van der Waals surface area contributed by atoms with Crippen molar-refractivity contribution in [3.63, 3.8) is 0 Å². The molecule has 1 aliphatic heterocycles. The van der Waals surface area contributed by atoms with Gasteiger partial charge in [0.25, 0.3) is 5.91 Å². The van der Waals surface area contributed by atoms with Gasteiger partial charge in [0, 0.05) is 31.3 Å². The van der Waals surface area contributed by atoms with Crippen molar-refractivity contribution in [1.82, 2.24) is 16.0 Å². The number of hydrogen-bond acceptors (Lipinski definition) is 6. The fourth-order valence-corrected chi connectivity index (χ4v) is 5.39. The van der Waals surface area contributed by atoms with Gasteiger partial charge in [-0.25, -0.2) is 4.79 Å². The predicted octanol–water partition coefficient (Wildman–Crippen LogP) is 3.64. The molecule has 10 heteroatoms. The third-order valence-electron chi connectivity index (χ3n) is 6.78. The van der Waals surface area contributed by atoms with Crippen LogP contribution in [-0.2, 0) is 22.4 Å². The smallest absolute Gasteiger partial charge is 0.326 e. The number of carboxylic acids is 1. The van der Waals surface area contributed by atoms with Crippen molar-refractivity contribution in [1.29, 1.82) is 0 Å². The summed E-state index contributed by atoms with van der Waals surface area (Å²) in [5, 5.41) is 19.1. The molecule has 2 aromatic carbocycles. The van der Waals surface area contributed by atoms with E-state index in [0.29, 0.717) is 6.42 Å². The number of benzene rings is 2. The van der Waals surface area contributed by atoms with Crippen molar-refractivity contribution in [3.05, 3.63) is 69.2 Å². The summed E-state index contributed by atoms with van der Waals surface area (Å²) >= 11 is 12.2. The van der Waals surface area contributed by atoms with Crippen LogP contribution in [-0.4, -0.2) is 53.9 Å². The molecule has 2 aliphatic rings. The zero-order chi connectivity index (χ0) is 26.4. The Morgan fingerprint density at radius 1 is 1.05 bits per heavy atom. The van der Waals surface area contributed by atoms with Crippen LogP contribution >= 0.6 is 23.2 Å². The lowest BCUT2D eigenvalue weighted by atomic mass is 9.81. The molecule has 0 spiro atoms. The van der Waals surface area contributed by atoms with Gasteiger partial charge in [-0.2, -0.15) is 0 Å². The van der Waals surface area contributed by atoms with Crippen molar-refractivity contribution in [3.8, 4) is 0 Å². The molecule has 4 rings (SSSR count). The van der Waals surface area contributed by atoms with Gasteiger partial charge in [-0.1, -0.05) is 60.0 Å². The largest absolute Gasteiger partial charge is 0.480 e. The van der Waals surface area contributed by atoms with Crippen LogP contribution in [0.15, 0.2) is 47.5 Å². The van der Waals surface area contributed by atoms with Gasteiger partial charge < -0.3 is 21.1 Å². The molecule has 2 aromatic rings. The minimum Gasteiger partial charge on any atom is -0.480 e. The van der Waals surface area contributed by atoms with Crippen molar-refractivity contribution in [2.24, 2.45) is 10.9 Å². The van der Waals surface area contributed by atoms with E-state index in [0.717, 1.165) is 55.9 Å². The van der Waals surface area contributed by atoms with E-state index >= 15 is 0 Å². The number of aliphatic carboxylic acids is 1. The first-order valence-electron chi connectivity index (χ1n) is 12.4. The minimum absolute atomic E-state index is 0.0103. The number of nitrogens with one attached hydrogen (secondary N) is 3. The molecule has 1 fully saturated rings. The van der Waals surface area contributed by atoms with Crippen LogP contribution in [0.4, 0.5) is 0 Å². The SMILES string of the molecule is O=C(N[C@@H](Cc1ccc(CC(=O)[C@@H]2CCC[C@H](NC3=NCCN3)C2)cc1)C(=O)O)c1c(Cl)cccc1Cl. The lowest BCUT2D eigenvalue weighted by molar-refractivity contribution is -0.139. The number of halogens is 2. The van der Waals surface area contributed by atoms with Crippen LogP contribution in [0.5, 0.6) is 0 Å². The van der Waals surface area contributed by atoms with E-state index in [2.05, 4.69) is 20.9 Å². The standard InChI is InChI=1S/C27H30Cl2N4O4/c28-20-5-2-6-21(29)24(20)25(35)33-22(26(36)37)13-16-7-9-17(10-8-16)14-23(34)18-3-1-4-19(15-18)32-27-30-11-12-31-27/h2,5-10,18-19,22H,1,3-4,11-15H2,(H,33,35)(H,36,37)(H2,30,31,32)/t18-,19+,22+/m1/s1. The van der Waals surface area contributed by atoms with Gasteiger partial charge in [-0.05, 0) is 42.5 Å². The third kappa shape index (κ3) is 7.23. The quantitative estimate of drug-likeness (QED) is 0.382. The second-order valence-corrected chi connectivity index (χ2v) is 10.3. The molecule has 0 aromatic heterocycles. The molecule has 37 heavy (non-hydrogen) atoms. The normalized spacial score (nSPS) is 19.9. The van der Waals surface area contributed by atoms with Crippen LogP contribution in [0, 0.1) is 5.92 Å². The van der Waals surface area contributed by atoms with Crippen LogP contribution in [0.25, 0.3) is 0 Å². The van der Waals surface area contributed by atoms with Gasteiger partial charge in [-0.3, -0.25) is 14.6 Å². The predicted molar refractivity (Wildman–Crippen MR) is 143 cm³/mol. The lowest BCUT2D eigenvalue weighted by Crippen LogP contribution is -2.44. The number of nitrogens with zero attached hydrogens (tertiary/aromatic N) is 1. The topological polar surface area (TPSA) is 120 Å². The Morgan fingerprint density at radius 3 is 2.41 bits per heavy atom. The molecule has 1 aliphatic carbocycles. The molecular weight excluding hydrogens is 515 g/mol. The number of carboxylic acid groups (broad SMARTS) is 1. The van der Waals surface area contributed by atoms with Gasteiger partial charge in [0.2, 0.25) is 0 Å². The average Bonchev–Trinajstić information content (AvgIpc) is 3.38. The zero-order valence-electron chi connectivity index (χ0n) is 20.3. The Labute approximate surface area is 225 Å². The van der Waals surface area contributed by atoms with Gasteiger partial charge >= 0.3 is 5.97 Å². The van der Waals surface area contributed by atoms with E-state index < -0.39 is 17.9 Å². The van der Waals surface area contributed by atoms with Gasteiger partial charge in [-0.15, -0.1) is 0 Å². The minimum atomic E-state index is -1.17. The van der Waals surface area contributed by atoms with E-state index in [-0.39, 0.29) is 39.8 Å². The first kappa shape index (κ1) is 26.9. The maximum atomic E-state index is 13.0. The number of carbonyl (C=O) groups excluding carboxylic acids is 2. The first-order chi connectivity index (χ1) is 17.8. The van der Waals surface area contributed by atoms with Crippen molar-refractivity contribution in [2.75, 3.05) is 13.1 Å². The lowest BCUT2D eigenvalue weighted by Gasteiger charge is -2.29. The molecule has 0 bridgehead atoms. The van der Waals surface area contributed by atoms with Crippen LogP contribution in [0.3, 0.4) is 0 Å². The first-order valence-corrected chi connectivity index (χ1v) is 13.2. The van der Waals surface area contributed by atoms with E-state index in [9.17, 15) is 19.5 Å². The second-order valence-electron chi connectivity index (χ2n) is 9.49. The summed E-state index contributed by atoms with van der Waals surface area (Å²) < 4.78 is 0. The number of amides is 1. The highest BCUT2D eigenvalue weighted by atomic mass is 35.5. The molecule has 1 amide bonds. The molecule has 1 saturated carbocycles. The van der Waals surface area contributed by atoms with Crippen LogP contribution in [0.2, 0.25) is 10.0 Å². The molecule has 3 atom stereocenters. The number of guanidine groups is 1. The fourth-order valence-electron chi connectivity index (χ4n) is 4.82. The molecule has 8 nitrogen and oxygen atoms in total. The summed E-state index contributed by atoms with van der Waals surface area (Å²) in [6.07, 6.45) is 4.13. The number of carbonyl (C=O) groups is 3. The molecule has 196 valence electrons. The van der Waals surface area contributed by atoms with Crippen molar-refractivity contribution < 1.29 is 19.5 Å². The summed E-state index contributed by atoms with van der Waals surface area (Å²) in [5.74, 6) is -0.764.